The van der Waals surface area contributed by atoms with Crippen LogP contribution in [-0.4, -0.2) is 37.3 Å². The Hall–Kier alpha value is -2.18. The van der Waals surface area contributed by atoms with Crippen molar-refractivity contribution in [3.05, 3.63) is 65.7 Å². The summed E-state index contributed by atoms with van der Waals surface area (Å²) in [5.41, 5.74) is 2.24. The lowest BCUT2D eigenvalue weighted by Crippen LogP contribution is -2.48. The van der Waals surface area contributed by atoms with Gasteiger partial charge in [0.15, 0.2) is 0 Å². The van der Waals surface area contributed by atoms with E-state index in [-0.39, 0.29) is 29.4 Å². The minimum Gasteiger partial charge on any atom is -0.352 e. The number of benzene rings is 2. The van der Waals surface area contributed by atoms with Crippen molar-refractivity contribution in [2.45, 2.75) is 75.8 Å². The maximum absolute atomic E-state index is 13.4. The molecular formula is C25H34N2O3S. The predicted molar refractivity (Wildman–Crippen MR) is 124 cm³/mol. The standard InChI is InChI=1S/C25H34N2O3S/c1-20-13-17-24(18-14-20)31(29,30)27(23-11-7-4-8-12-23)19-25(28)26-21(2)15-16-22-9-5-3-6-10-22/h3,5-6,9-10,13-14,17-18,21,23H,4,7-8,11-12,15-16,19H2,1-2H3,(H,26,28)/t21-/m1/s1. The smallest absolute Gasteiger partial charge is 0.243 e. The third-order valence-corrected chi connectivity index (χ3v) is 7.94. The van der Waals surface area contributed by atoms with Gasteiger partial charge in [-0.3, -0.25) is 4.79 Å². The first kappa shape index (κ1) is 23.5. The minimum absolute atomic E-state index is 0.0250. The van der Waals surface area contributed by atoms with Crippen molar-refractivity contribution in [2.75, 3.05) is 6.54 Å². The molecule has 1 amide bonds. The van der Waals surface area contributed by atoms with Crippen LogP contribution in [0, 0.1) is 6.92 Å². The molecule has 1 aliphatic rings. The summed E-state index contributed by atoms with van der Waals surface area (Å²) in [5, 5.41) is 3.01. The summed E-state index contributed by atoms with van der Waals surface area (Å²) in [4.78, 5) is 13.1. The number of carbonyl (C=O) groups is 1. The second-order valence-electron chi connectivity index (χ2n) is 8.65. The summed E-state index contributed by atoms with van der Waals surface area (Å²) in [5.74, 6) is -0.234. The van der Waals surface area contributed by atoms with Gasteiger partial charge in [0, 0.05) is 12.1 Å². The van der Waals surface area contributed by atoms with E-state index in [1.165, 1.54) is 9.87 Å². The van der Waals surface area contributed by atoms with E-state index >= 15 is 0 Å². The highest BCUT2D eigenvalue weighted by Gasteiger charge is 2.34. The van der Waals surface area contributed by atoms with Crippen LogP contribution in [-0.2, 0) is 21.2 Å². The molecule has 1 N–H and O–H groups in total. The first-order valence-corrected chi connectivity index (χ1v) is 12.7. The van der Waals surface area contributed by atoms with Crippen molar-refractivity contribution in [1.29, 1.82) is 0 Å². The Morgan fingerprint density at radius 2 is 1.68 bits per heavy atom. The van der Waals surface area contributed by atoms with Crippen LogP contribution in [0.15, 0.2) is 59.5 Å². The molecule has 1 atom stereocenters. The summed E-state index contributed by atoms with van der Waals surface area (Å²) in [7, 11) is -3.73. The highest BCUT2D eigenvalue weighted by atomic mass is 32.2. The van der Waals surface area contributed by atoms with Crippen molar-refractivity contribution in [3.8, 4) is 0 Å². The molecule has 3 rings (SSSR count). The second kappa shape index (κ2) is 10.9. The van der Waals surface area contributed by atoms with Gasteiger partial charge >= 0.3 is 0 Å². The molecule has 1 saturated carbocycles. The molecule has 6 heteroatoms. The molecule has 5 nitrogen and oxygen atoms in total. The van der Waals surface area contributed by atoms with Crippen molar-refractivity contribution in [2.24, 2.45) is 0 Å². The zero-order chi connectivity index (χ0) is 22.3. The molecule has 31 heavy (non-hydrogen) atoms. The molecule has 0 spiro atoms. The van der Waals surface area contributed by atoms with Gasteiger partial charge in [0.1, 0.15) is 0 Å². The third-order valence-electron chi connectivity index (χ3n) is 6.03. The van der Waals surface area contributed by atoms with Gasteiger partial charge in [-0.1, -0.05) is 67.3 Å². The van der Waals surface area contributed by atoms with Gasteiger partial charge in [0.2, 0.25) is 15.9 Å². The average Bonchev–Trinajstić information content (AvgIpc) is 2.77. The maximum atomic E-state index is 13.4. The van der Waals surface area contributed by atoms with Crippen LogP contribution in [0.5, 0.6) is 0 Å². The lowest BCUT2D eigenvalue weighted by Gasteiger charge is -2.33. The molecular weight excluding hydrogens is 408 g/mol. The number of hydrogen-bond donors (Lipinski definition) is 1. The number of aryl methyl sites for hydroxylation is 2. The third kappa shape index (κ3) is 6.65. The summed E-state index contributed by atoms with van der Waals surface area (Å²) in [6, 6.07) is 16.9. The van der Waals surface area contributed by atoms with Crippen LogP contribution in [0.1, 0.15) is 56.6 Å². The molecule has 0 aromatic heterocycles. The van der Waals surface area contributed by atoms with E-state index in [4.69, 9.17) is 0 Å². The lowest BCUT2D eigenvalue weighted by molar-refractivity contribution is -0.122. The number of amides is 1. The molecule has 1 aliphatic carbocycles. The minimum atomic E-state index is -3.73. The highest BCUT2D eigenvalue weighted by molar-refractivity contribution is 7.89. The second-order valence-corrected chi connectivity index (χ2v) is 10.5. The van der Waals surface area contributed by atoms with Crippen molar-refractivity contribution in [1.82, 2.24) is 9.62 Å². The van der Waals surface area contributed by atoms with Crippen LogP contribution < -0.4 is 5.32 Å². The van der Waals surface area contributed by atoms with Gasteiger partial charge in [-0.25, -0.2) is 8.42 Å². The summed E-state index contributed by atoms with van der Waals surface area (Å²) in [6.07, 6.45) is 6.42. The number of hydrogen-bond acceptors (Lipinski definition) is 3. The Morgan fingerprint density at radius 3 is 2.32 bits per heavy atom. The Bertz CT molecular complexity index is 936. The molecule has 2 aromatic rings. The van der Waals surface area contributed by atoms with E-state index in [0.29, 0.717) is 0 Å². The molecule has 0 heterocycles. The number of nitrogens with zero attached hydrogens (tertiary/aromatic N) is 1. The van der Waals surface area contributed by atoms with Crippen LogP contribution in [0.2, 0.25) is 0 Å². The quantitative estimate of drug-likeness (QED) is 0.624. The van der Waals surface area contributed by atoms with Crippen LogP contribution in [0.25, 0.3) is 0 Å². The SMILES string of the molecule is Cc1ccc(S(=O)(=O)N(CC(=O)N[C@H](C)CCc2ccccc2)C2CCCCC2)cc1. The lowest BCUT2D eigenvalue weighted by atomic mass is 9.95. The van der Waals surface area contributed by atoms with Gasteiger partial charge in [-0.15, -0.1) is 0 Å². The normalized spacial score (nSPS) is 16.2. The van der Waals surface area contributed by atoms with Gasteiger partial charge in [-0.05, 0) is 57.2 Å². The summed E-state index contributed by atoms with van der Waals surface area (Å²) < 4.78 is 28.3. The van der Waals surface area contributed by atoms with E-state index < -0.39 is 10.0 Å². The van der Waals surface area contributed by atoms with Gasteiger partial charge in [-0.2, -0.15) is 4.31 Å². The Kier molecular flexibility index (Phi) is 8.27. The fraction of sp³-hybridized carbons (Fsp3) is 0.480. The Labute approximate surface area is 186 Å². The van der Waals surface area contributed by atoms with Crippen molar-refractivity contribution in [3.63, 3.8) is 0 Å². The average molecular weight is 443 g/mol. The monoisotopic (exact) mass is 442 g/mol. The van der Waals surface area contributed by atoms with Crippen LogP contribution in [0.4, 0.5) is 0 Å². The van der Waals surface area contributed by atoms with Gasteiger partial charge in [0.05, 0.1) is 11.4 Å². The first-order chi connectivity index (χ1) is 14.9. The van der Waals surface area contributed by atoms with E-state index in [1.807, 2.05) is 32.0 Å². The molecule has 2 aromatic carbocycles. The molecule has 168 valence electrons. The topological polar surface area (TPSA) is 66.5 Å². The largest absolute Gasteiger partial charge is 0.352 e. The van der Waals surface area contributed by atoms with Gasteiger partial charge in [0.25, 0.3) is 0 Å². The first-order valence-electron chi connectivity index (χ1n) is 11.3. The predicted octanol–water partition coefficient (Wildman–Crippen LogP) is 4.46. The number of carbonyl (C=O) groups excluding carboxylic acids is 1. The molecule has 0 radical (unpaired) electrons. The fourth-order valence-corrected chi connectivity index (χ4v) is 5.83. The Balaban J connectivity index is 1.67. The Morgan fingerprint density at radius 1 is 1.03 bits per heavy atom. The van der Waals surface area contributed by atoms with Crippen LogP contribution >= 0.6 is 0 Å². The van der Waals surface area contributed by atoms with Crippen molar-refractivity contribution < 1.29 is 13.2 Å². The molecule has 0 bridgehead atoms. The maximum Gasteiger partial charge on any atom is 0.243 e. The summed E-state index contributed by atoms with van der Waals surface area (Å²) >= 11 is 0. The molecule has 0 unspecified atom stereocenters. The fourth-order valence-electron chi connectivity index (χ4n) is 4.19. The van der Waals surface area contributed by atoms with Gasteiger partial charge < -0.3 is 5.32 Å². The number of nitrogens with one attached hydrogen (secondary N) is 1. The molecule has 1 fully saturated rings. The summed E-state index contributed by atoms with van der Waals surface area (Å²) in [6.45, 7) is 3.77. The zero-order valence-electron chi connectivity index (χ0n) is 18.6. The van der Waals surface area contributed by atoms with E-state index in [1.54, 1.807) is 24.3 Å². The zero-order valence-corrected chi connectivity index (χ0v) is 19.4. The van der Waals surface area contributed by atoms with E-state index in [2.05, 4.69) is 17.4 Å². The van der Waals surface area contributed by atoms with Crippen molar-refractivity contribution >= 4 is 15.9 Å². The van der Waals surface area contributed by atoms with Crippen LogP contribution in [0.3, 0.4) is 0 Å². The molecule has 0 aliphatic heterocycles. The van der Waals surface area contributed by atoms with E-state index in [9.17, 15) is 13.2 Å². The number of sulfonamides is 1. The number of rotatable bonds is 9. The molecule has 0 saturated heterocycles. The highest BCUT2D eigenvalue weighted by Crippen LogP contribution is 2.28. The van der Waals surface area contributed by atoms with E-state index in [0.717, 1.165) is 50.5 Å².